The van der Waals surface area contributed by atoms with Gasteiger partial charge >= 0.3 is 0 Å². The van der Waals surface area contributed by atoms with Crippen LogP contribution in [-0.2, 0) is 11.3 Å². The molecule has 7 nitrogen and oxygen atoms in total. The van der Waals surface area contributed by atoms with Crippen molar-refractivity contribution in [2.75, 3.05) is 19.6 Å². The fourth-order valence-corrected chi connectivity index (χ4v) is 3.14. The fourth-order valence-electron chi connectivity index (χ4n) is 3.14. The lowest BCUT2D eigenvalue weighted by molar-refractivity contribution is -0.131. The molecule has 0 radical (unpaired) electrons. The molecule has 128 valence electrons. The summed E-state index contributed by atoms with van der Waals surface area (Å²) in [6.07, 6.45) is 3.62. The third kappa shape index (κ3) is 4.09. The number of aliphatic hydroxyl groups excluding tert-OH is 1. The van der Waals surface area contributed by atoms with Gasteiger partial charge in [0.25, 0.3) is 0 Å². The molecule has 2 heterocycles. The van der Waals surface area contributed by atoms with Crippen LogP contribution in [0.3, 0.4) is 0 Å². The molecule has 0 aromatic carbocycles. The summed E-state index contributed by atoms with van der Waals surface area (Å²) in [5.41, 5.74) is 0. The molecule has 0 spiro atoms. The van der Waals surface area contributed by atoms with Gasteiger partial charge in [-0.3, -0.25) is 9.69 Å². The van der Waals surface area contributed by atoms with E-state index in [2.05, 4.69) is 15.0 Å². The molecule has 0 unspecified atom stereocenters. The van der Waals surface area contributed by atoms with E-state index in [4.69, 9.17) is 4.52 Å². The van der Waals surface area contributed by atoms with Crippen LogP contribution in [0.25, 0.3) is 0 Å². The highest BCUT2D eigenvalue weighted by Crippen LogP contribution is 2.38. The van der Waals surface area contributed by atoms with Gasteiger partial charge in [-0.25, -0.2) is 0 Å². The lowest BCUT2D eigenvalue weighted by atomic mass is 10.2. The molecular weight excluding hydrogens is 296 g/mol. The summed E-state index contributed by atoms with van der Waals surface area (Å²) in [7, 11) is 0. The first-order valence-corrected chi connectivity index (χ1v) is 8.57. The number of likely N-dealkylation sites (tertiary alicyclic amines) is 1. The maximum absolute atomic E-state index is 12.0. The van der Waals surface area contributed by atoms with Crippen LogP contribution in [0.1, 0.15) is 57.2 Å². The number of aliphatic hydroxyl groups is 1. The van der Waals surface area contributed by atoms with Crippen molar-refractivity contribution in [2.24, 2.45) is 0 Å². The van der Waals surface area contributed by atoms with Gasteiger partial charge in [-0.15, -0.1) is 0 Å². The van der Waals surface area contributed by atoms with E-state index in [0.717, 1.165) is 38.8 Å². The van der Waals surface area contributed by atoms with Crippen molar-refractivity contribution in [3.05, 3.63) is 11.7 Å². The van der Waals surface area contributed by atoms with E-state index in [9.17, 15) is 9.90 Å². The van der Waals surface area contributed by atoms with Gasteiger partial charge in [0.05, 0.1) is 12.6 Å². The van der Waals surface area contributed by atoms with Crippen LogP contribution in [-0.4, -0.2) is 62.7 Å². The first-order chi connectivity index (χ1) is 11.1. The van der Waals surface area contributed by atoms with Gasteiger partial charge in [-0.1, -0.05) is 12.1 Å². The zero-order valence-electron chi connectivity index (χ0n) is 13.9. The maximum atomic E-state index is 12.0. The highest BCUT2D eigenvalue weighted by Gasteiger charge is 2.33. The molecule has 1 amide bonds. The maximum Gasteiger partial charge on any atom is 0.229 e. The molecule has 1 aromatic heterocycles. The Balaban J connectivity index is 1.59. The van der Waals surface area contributed by atoms with Gasteiger partial charge < -0.3 is 14.5 Å². The molecule has 2 aliphatic rings. The Morgan fingerprint density at radius 1 is 1.48 bits per heavy atom. The van der Waals surface area contributed by atoms with Crippen LogP contribution < -0.4 is 0 Å². The minimum Gasteiger partial charge on any atom is -0.392 e. The van der Waals surface area contributed by atoms with Crippen LogP contribution >= 0.6 is 0 Å². The van der Waals surface area contributed by atoms with E-state index >= 15 is 0 Å². The van der Waals surface area contributed by atoms with E-state index in [1.807, 2.05) is 11.8 Å². The van der Waals surface area contributed by atoms with E-state index in [1.165, 1.54) is 0 Å². The van der Waals surface area contributed by atoms with Gasteiger partial charge in [0.1, 0.15) is 0 Å². The van der Waals surface area contributed by atoms with Gasteiger partial charge in [0.15, 0.2) is 5.82 Å². The molecule has 1 aliphatic heterocycles. The Hall–Kier alpha value is -1.47. The summed E-state index contributed by atoms with van der Waals surface area (Å²) in [5, 5.41) is 13.8. The molecule has 7 heteroatoms. The average Bonchev–Trinajstić information content (AvgIpc) is 3.10. The number of hydrogen-bond acceptors (Lipinski definition) is 6. The normalized spacial score (nSPS) is 23.2. The summed E-state index contributed by atoms with van der Waals surface area (Å²) in [5.74, 6) is 1.77. The summed E-state index contributed by atoms with van der Waals surface area (Å²) >= 11 is 0. The lowest BCUT2D eigenvalue weighted by Gasteiger charge is -2.27. The predicted octanol–water partition coefficient (Wildman–Crippen LogP) is 1.14. The van der Waals surface area contributed by atoms with E-state index in [1.54, 1.807) is 6.92 Å². The zero-order valence-corrected chi connectivity index (χ0v) is 13.9. The first-order valence-electron chi connectivity index (χ1n) is 8.57. The van der Waals surface area contributed by atoms with Crippen molar-refractivity contribution in [1.29, 1.82) is 0 Å². The van der Waals surface area contributed by atoms with Crippen LogP contribution in [0.4, 0.5) is 0 Å². The van der Waals surface area contributed by atoms with E-state index in [-0.39, 0.29) is 18.1 Å². The minimum atomic E-state index is -0.294. The van der Waals surface area contributed by atoms with E-state index < -0.39 is 0 Å². The molecule has 0 bridgehead atoms. The molecular formula is C16H26N4O3. The largest absolute Gasteiger partial charge is 0.392 e. The number of carbonyl (C=O) groups excluding carboxylic acids is 1. The first kappa shape index (κ1) is 16.4. The van der Waals surface area contributed by atoms with Crippen molar-refractivity contribution in [3.63, 3.8) is 0 Å². The Morgan fingerprint density at radius 2 is 2.26 bits per heavy atom. The molecule has 1 saturated heterocycles. The quantitative estimate of drug-likeness (QED) is 0.810. The standard InChI is InChI=1S/C16H26N4O3/c1-3-14(22)9-19-7-6-13(8-19)20(11(2)21)10-15-17-16(23-18-15)12-4-5-12/h12-14,22H,3-10H2,1-2H3/t13-,14+/m1/s1. The molecule has 1 N–H and O–H groups in total. The summed E-state index contributed by atoms with van der Waals surface area (Å²) in [6.45, 7) is 6.35. The zero-order chi connectivity index (χ0) is 16.4. The van der Waals surface area contributed by atoms with Crippen molar-refractivity contribution in [3.8, 4) is 0 Å². The minimum absolute atomic E-state index is 0.0330. The van der Waals surface area contributed by atoms with Crippen molar-refractivity contribution in [2.45, 2.75) is 64.1 Å². The fraction of sp³-hybridized carbons (Fsp3) is 0.812. The predicted molar refractivity (Wildman–Crippen MR) is 83.6 cm³/mol. The molecule has 1 aromatic rings. The SMILES string of the molecule is CC[C@H](O)CN1CC[C@@H](N(Cc2noc(C3CC3)n2)C(C)=O)C1. The Labute approximate surface area is 136 Å². The van der Waals surface area contributed by atoms with E-state index in [0.29, 0.717) is 30.7 Å². The van der Waals surface area contributed by atoms with Crippen molar-refractivity contribution in [1.82, 2.24) is 19.9 Å². The molecule has 3 rings (SSSR count). The summed E-state index contributed by atoms with van der Waals surface area (Å²) < 4.78 is 5.28. The van der Waals surface area contributed by atoms with Gasteiger partial charge in [-0.05, 0) is 25.7 Å². The number of rotatable bonds is 7. The summed E-state index contributed by atoms with van der Waals surface area (Å²) in [6, 6.07) is 0.152. The Bertz CT molecular complexity index is 543. The van der Waals surface area contributed by atoms with Gasteiger partial charge in [-0.2, -0.15) is 4.98 Å². The average molecular weight is 322 g/mol. The topological polar surface area (TPSA) is 82.7 Å². The Kier molecular flexibility index (Phi) is 4.96. The molecule has 2 fully saturated rings. The van der Waals surface area contributed by atoms with Gasteiger partial charge in [0.2, 0.25) is 11.8 Å². The monoisotopic (exact) mass is 322 g/mol. The second-order valence-corrected chi connectivity index (χ2v) is 6.73. The number of hydrogen-bond donors (Lipinski definition) is 1. The summed E-state index contributed by atoms with van der Waals surface area (Å²) in [4.78, 5) is 20.5. The number of amides is 1. The van der Waals surface area contributed by atoms with Crippen LogP contribution in [0, 0.1) is 0 Å². The number of β-amino-alcohol motifs (C(OH)–C–C–N with tert-alkyl or cyclic N) is 1. The highest BCUT2D eigenvalue weighted by atomic mass is 16.5. The third-order valence-electron chi connectivity index (χ3n) is 4.76. The second-order valence-electron chi connectivity index (χ2n) is 6.73. The van der Waals surface area contributed by atoms with Crippen molar-refractivity contribution < 1.29 is 14.4 Å². The van der Waals surface area contributed by atoms with Gasteiger partial charge in [0, 0.05) is 38.5 Å². The molecule has 1 saturated carbocycles. The van der Waals surface area contributed by atoms with Crippen molar-refractivity contribution >= 4 is 5.91 Å². The smallest absolute Gasteiger partial charge is 0.229 e. The number of aromatic nitrogens is 2. The van der Waals surface area contributed by atoms with Crippen LogP contribution in [0.5, 0.6) is 0 Å². The van der Waals surface area contributed by atoms with Crippen LogP contribution in [0.2, 0.25) is 0 Å². The second kappa shape index (κ2) is 6.97. The lowest BCUT2D eigenvalue weighted by Crippen LogP contribution is -2.41. The molecule has 1 aliphatic carbocycles. The number of carbonyl (C=O) groups is 1. The number of nitrogens with zero attached hydrogens (tertiary/aromatic N) is 4. The van der Waals surface area contributed by atoms with Crippen LogP contribution in [0.15, 0.2) is 4.52 Å². The molecule has 23 heavy (non-hydrogen) atoms. The third-order valence-corrected chi connectivity index (χ3v) is 4.76. The molecule has 2 atom stereocenters. The highest BCUT2D eigenvalue weighted by molar-refractivity contribution is 5.73. The Morgan fingerprint density at radius 3 is 2.91 bits per heavy atom.